The molecule has 1 aliphatic heterocycles. The zero-order chi connectivity index (χ0) is 19.4. The van der Waals surface area contributed by atoms with Gasteiger partial charge >= 0.3 is 5.97 Å². The highest BCUT2D eigenvalue weighted by Gasteiger charge is 2.23. The Bertz CT molecular complexity index is 851. The van der Waals surface area contributed by atoms with Gasteiger partial charge in [-0.25, -0.2) is 9.18 Å². The fraction of sp³-hybridized carbons (Fsp3) is 0.300. The first-order chi connectivity index (χ1) is 13.0. The van der Waals surface area contributed by atoms with Gasteiger partial charge in [0.15, 0.2) is 6.61 Å². The van der Waals surface area contributed by atoms with Gasteiger partial charge in [-0.15, -0.1) is 0 Å². The normalized spacial score (nSPS) is 14.2. The van der Waals surface area contributed by atoms with Crippen molar-refractivity contribution in [2.75, 3.05) is 37.7 Å². The van der Waals surface area contributed by atoms with Gasteiger partial charge in [0.2, 0.25) is 0 Å². The molecular formula is C20H20ClFN2O3. The molecule has 1 amide bonds. The van der Waals surface area contributed by atoms with Crippen LogP contribution in [0.15, 0.2) is 42.5 Å². The predicted octanol–water partition coefficient (Wildman–Crippen LogP) is 3.29. The van der Waals surface area contributed by atoms with Crippen LogP contribution in [0.2, 0.25) is 5.02 Å². The molecule has 3 rings (SSSR count). The van der Waals surface area contributed by atoms with Crippen LogP contribution in [0.3, 0.4) is 0 Å². The molecule has 0 N–H and O–H groups in total. The van der Waals surface area contributed by atoms with Crippen LogP contribution >= 0.6 is 11.6 Å². The third kappa shape index (κ3) is 4.57. The van der Waals surface area contributed by atoms with Crippen LogP contribution in [-0.2, 0) is 9.53 Å². The van der Waals surface area contributed by atoms with Crippen molar-refractivity contribution in [3.63, 3.8) is 0 Å². The Morgan fingerprint density at radius 1 is 1.11 bits per heavy atom. The molecule has 0 aliphatic carbocycles. The summed E-state index contributed by atoms with van der Waals surface area (Å²) in [6, 6.07) is 11.7. The first-order valence-electron chi connectivity index (χ1n) is 8.66. The second-order valence-electron chi connectivity index (χ2n) is 6.36. The van der Waals surface area contributed by atoms with E-state index in [2.05, 4.69) is 4.90 Å². The second kappa shape index (κ2) is 8.39. The number of rotatable bonds is 4. The van der Waals surface area contributed by atoms with Crippen LogP contribution in [0.4, 0.5) is 10.1 Å². The van der Waals surface area contributed by atoms with Crippen molar-refractivity contribution in [1.82, 2.24) is 4.90 Å². The Labute approximate surface area is 162 Å². The Balaban J connectivity index is 1.50. The van der Waals surface area contributed by atoms with Gasteiger partial charge in [0.1, 0.15) is 5.82 Å². The summed E-state index contributed by atoms with van der Waals surface area (Å²) in [5.41, 5.74) is 1.48. The van der Waals surface area contributed by atoms with Crippen molar-refractivity contribution in [3.8, 4) is 0 Å². The van der Waals surface area contributed by atoms with Crippen molar-refractivity contribution in [2.24, 2.45) is 0 Å². The maximum Gasteiger partial charge on any atom is 0.338 e. The number of ether oxygens (including phenoxy) is 1. The molecule has 0 atom stereocenters. The lowest BCUT2D eigenvalue weighted by molar-refractivity contribution is -0.134. The topological polar surface area (TPSA) is 49.9 Å². The number of anilines is 1. The van der Waals surface area contributed by atoms with Crippen LogP contribution in [0.25, 0.3) is 0 Å². The minimum Gasteiger partial charge on any atom is -0.452 e. The summed E-state index contributed by atoms with van der Waals surface area (Å²) in [4.78, 5) is 28.0. The summed E-state index contributed by atoms with van der Waals surface area (Å²) in [6.07, 6.45) is 0. The van der Waals surface area contributed by atoms with Gasteiger partial charge < -0.3 is 14.5 Å². The second-order valence-corrected chi connectivity index (χ2v) is 6.77. The molecule has 0 unspecified atom stereocenters. The van der Waals surface area contributed by atoms with Gasteiger partial charge in [0.25, 0.3) is 5.91 Å². The minimum atomic E-state index is -0.711. The number of amides is 1. The number of esters is 1. The van der Waals surface area contributed by atoms with E-state index < -0.39 is 11.8 Å². The minimum absolute atomic E-state index is 0.0921. The molecule has 0 aromatic heterocycles. The number of hydrogen-bond acceptors (Lipinski definition) is 4. The average Bonchev–Trinajstić information content (AvgIpc) is 2.68. The Hall–Kier alpha value is -2.60. The Kier molecular flexibility index (Phi) is 5.96. The van der Waals surface area contributed by atoms with E-state index in [1.165, 1.54) is 12.1 Å². The molecular weight excluding hydrogens is 371 g/mol. The number of carbonyl (C=O) groups excluding carboxylic acids is 2. The Morgan fingerprint density at radius 2 is 1.81 bits per heavy atom. The van der Waals surface area contributed by atoms with Crippen molar-refractivity contribution in [1.29, 1.82) is 0 Å². The molecule has 142 valence electrons. The molecule has 1 aliphatic rings. The third-order valence-corrected chi connectivity index (χ3v) is 4.88. The Morgan fingerprint density at radius 3 is 2.48 bits per heavy atom. The first-order valence-corrected chi connectivity index (χ1v) is 9.04. The van der Waals surface area contributed by atoms with Gasteiger partial charge in [-0.3, -0.25) is 4.79 Å². The molecule has 2 aromatic carbocycles. The van der Waals surface area contributed by atoms with E-state index in [4.69, 9.17) is 16.3 Å². The van der Waals surface area contributed by atoms with Gasteiger partial charge in [0.05, 0.1) is 16.3 Å². The largest absolute Gasteiger partial charge is 0.452 e. The fourth-order valence-corrected chi connectivity index (χ4v) is 3.18. The average molecular weight is 391 g/mol. The number of carbonyl (C=O) groups is 2. The quantitative estimate of drug-likeness (QED) is 0.752. The van der Waals surface area contributed by atoms with Crippen molar-refractivity contribution in [3.05, 3.63) is 64.4 Å². The molecule has 1 fully saturated rings. The molecule has 0 saturated carbocycles. The monoisotopic (exact) mass is 390 g/mol. The molecule has 1 heterocycles. The van der Waals surface area contributed by atoms with Gasteiger partial charge in [-0.2, -0.15) is 0 Å². The number of piperazine rings is 1. The van der Waals surface area contributed by atoms with Gasteiger partial charge in [-0.05, 0) is 36.8 Å². The maximum atomic E-state index is 13.5. The van der Waals surface area contributed by atoms with Crippen molar-refractivity contribution >= 4 is 29.2 Å². The van der Waals surface area contributed by atoms with Crippen molar-refractivity contribution < 1.29 is 18.7 Å². The number of para-hydroxylation sites is 1. The standard InChI is InChI=1S/C20H20ClFN2O3/c1-14-6-7-15(12-17(14)22)20(26)27-13-19(25)24-10-8-23(9-11-24)18-5-3-2-4-16(18)21/h2-7,12H,8-11,13H2,1H3. The van der Waals surface area contributed by atoms with E-state index in [1.54, 1.807) is 11.8 Å². The fourth-order valence-electron chi connectivity index (χ4n) is 2.93. The van der Waals surface area contributed by atoms with E-state index in [9.17, 15) is 14.0 Å². The maximum absolute atomic E-state index is 13.5. The summed E-state index contributed by atoms with van der Waals surface area (Å²) in [6.45, 7) is 3.57. The molecule has 2 aromatic rings. The highest BCUT2D eigenvalue weighted by atomic mass is 35.5. The molecule has 0 radical (unpaired) electrons. The van der Waals surface area contributed by atoms with E-state index >= 15 is 0 Å². The van der Waals surface area contributed by atoms with Crippen LogP contribution in [0, 0.1) is 12.7 Å². The summed E-state index contributed by atoms with van der Waals surface area (Å²) < 4.78 is 18.6. The van der Waals surface area contributed by atoms with E-state index in [0.29, 0.717) is 36.8 Å². The van der Waals surface area contributed by atoms with Crippen LogP contribution < -0.4 is 4.90 Å². The third-order valence-electron chi connectivity index (χ3n) is 4.56. The number of aryl methyl sites for hydroxylation is 1. The lowest BCUT2D eigenvalue weighted by Gasteiger charge is -2.36. The summed E-state index contributed by atoms with van der Waals surface area (Å²) >= 11 is 6.21. The summed E-state index contributed by atoms with van der Waals surface area (Å²) in [5.74, 6) is -1.46. The van der Waals surface area contributed by atoms with Crippen LogP contribution in [-0.4, -0.2) is 49.6 Å². The molecule has 1 saturated heterocycles. The first kappa shape index (κ1) is 19.2. The predicted molar refractivity (Wildman–Crippen MR) is 102 cm³/mol. The van der Waals surface area contributed by atoms with E-state index in [0.717, 1.165) is 11.8 Å². The molecule has 27 heavy (non-hydrogen) atoms. The number of halogens is 2. The van der Waals surface area contributed by atoms with Crippen LogP contribution in [0.1, 0.15) is 15.9 Å². The SMILES string of the molecule is Cc1ccc(C(=O)OCC(=O)N2CCN(c3ccccc3Cl)CC2)cc1F. The van der Waals surface area contributed by atoms with Crippen LogP contribution in [0.5, 0.6) is 0 Å². The zero-order valence-corrected chi connectivity index (χ0v) is 15.7. The smallest absolute Gasteiger partial charge is 0.338 e. The highest BCUT2D eigenvalue weighted by Crippen LogP contribution is 2.26. The lowest BCUT2D eigenvalue weighted by Crippen LogP contribution is -2.50. The number of hydrogen-bond donors (Lipinski definition) is 0. The van der Waals surface area contributed by atoms with Gasteiger partial charge in [-0.1, -0.05) is 29.8 Å². The van der Waals surface area contributed by atoms with E-state index in [-0.39, 0.29) is 18.1 Å². The molecule has 0 bridgehead atoms. The van der Waals surface area contributed by atoms with Gasteiger partial charge in [0, 0.05) is 26.2 Å². The van der Waals surface area contributed by atoms with Crippen molar-refractivity contribution in [2.45, 2.75) is 6.92 Å². The lowest BCUT2D eigenvalue weighted by atomic mass is 10.1. The number of nitrogens with zero attached hydrogens (tertiary/aromatic N) is 2. The zero-order valence-electron chi connectivity index (χ0n) is 15.0. The molecule has 7 heteroatoms. The summed E-state index contributed by atoms with van der Waals surface area (Å²) in [5, 5.41) is 0.677. The highest BCUT2D eigenvalue weighted by molar-refractivity contribution is 6.33. The molecule has 0 spiro atoms. The molecule has 5 nitrogen and oxygen atoms in total. The van der Waals surface area contributed by atoms with E-state index in [1.807, 2.05) is 24.3 Å². The number of benzene rings is 2. The summed E-state index contributed by atoms with van der Waals surface area (Å²) in [7, 11) is 0.